The van der Waals surface area contributed by atoms with E-state index in [4.69, 9.17) is 14.7 Å². The highest BCUT2D eigenvalue weighted by atomic mass is 16.5. The first-order valence-electron chi connectivity index (χ1n) is 14.7. The number of nitriles is 1. The lowest BCUT2D eigenvalue weighted by Crippen LogP contribution is -2.61. The number of aryl methyl sites for hydroxylation is 2. The van der Waals surface area contributed by atoms with Gasteiger partial charge >= 0.3 is 5.97 Å². The maximum atomic E-state index is 13.9. The number of ether oxygens (including phenoxy) is 1. The quantitative estimate of drug-likeness (QED) is 0.493. The number of methoxy groups -OCH3 is 1. The van der Waals surface area contributed by atoms with Crippen molar-refractivity contribution in [1.29, 1.82) is 5.26 Å². The molecule has 0 N–H and O–H groups in total. The zero-order chi connectivity index (χ0) is 29.7. The molecule has 9 heteroatoms. The van der Waals surface area contributed by atoms with E-state index in [9.17, 15) is 14.9 Å². The highest BCUT2D eigenvalue weighted by Gasteiger charge is 2.43. The summed E-state index contributed by atoms with van der Waals surface area (Å²) < 4.78 is 4.93. The van der Waals surface area contributed by atoms with Crippen molar-refractivity contribution < 1.29 is 14.3 Å². The Morgan fingerprint density at radius 3 is 2.34 bits per heavy atom. The molecule has 41 heavy (non-hydrogen) atoms. The summed E-state index contributed by atoms with van der Waals surface area (Å²) in [6.45, 7) is 15.0. The number of rotatable bonds is 4. The van der Waals surface area contributed by atoms with Gasteiger partial charge in [-0.05, 0) is 77.1 Å². The third-order valence-electron chi connectivity index (χ3n) is 9.17. The van der Waals surface area contributed by atoms with Crippen LogP contribution in [0.5, 0.6) is 0 Å². The standard InChI is InChI=1S/C32H42N6O3/c1-20-16-26(34-21(2)27(20)30(40)41-7)36-14-15-38(32(5,6)19-36)29(39)24-12-13-25-28(35-24)31(3,4)18-37(25)23-10-8-22(17-33)9-11-23/h12-13,16,22-23H,8-11,14-15,18-19H2,1-7H3. The second kappa shape index (κ2) is 10.6. The third kappa shape index (κ3) is 5.25. The molecule has 5 rings (SSSR count). The van der Waals surface area contributed by atoms with Gasteiger partial charge in [-0.3, -0.25) is 4.79 Å². The molecule has 0 aromatic carbocycles. The third-order valence-corrected chi connectivity index (χ3v) is 9.17. The zero-order valence-electron chi connectivity index (χ0n) is 25.5. The molecule has 0 spiro atoms. The number of carbonyl (C=O) groups is 2. The fourth-order valence-corrected chi connectivity index (χ4v) is 6.98. The highest BCUT2D eigenvalue weighted by Crippen LogP contribution is 2.43. The van der Waals surface area contributed by atoms with E-state index < -0.39 is 5.54 Å². The van der Waals surface area contributed by atoms with Gasteiger partial charge in [0.25, 0.3) is 5.91 Å². The molecule has 0 atom stereocenters. The van der Waals surface area contributed by atoms with Crippen LogP contribution in [0.15, 0.2) is 18.2 Å². The lowest BCUT2D eigenvalue weighted by Gasteiger charge is -2.47. The highest BCUT2D eigenvalue weighted by molar-refractivity contribution is 5.94. The van der Waals surface area contributed by atoms with Gasteiger partial charge < -0.3 is 19.4 Å². The topological polar surface area (TPSA) is 103 Å². The van der Waals surface area contributed by atoms with Crippen LogP contribution in [0, 0.1) is 31.1 Å². The predicted octanol–water partition coefficient (Wildman–Crippen LogP) is 4.80. The molecule has 0 radical (unpaired) electrons. The molecule has 2 aromatic rings. The SMILES string of the molecule is COC(=O)c1c(C)cc(N2CCN(C(=O)c3ccc4c(n3)C(C)(C)CN4C3CCC(C#N)CC3)C(C)(C)C2)nc1C. The average molecular weight is 559 g/mol. The van der Waals surface area contributed by atoms with E-state index in [0.717, 1.165) is 55.0 Å². The molecule has 3 aliphatic rings. The number of hydrogen-bond acceptors (Lipinski definition) is 8. The minimum Gasteiger partial charge on any atom is -0.465 e. The fraction of sp³-hybridized carbons (Fsp3) is 0.594. The van der Waals surface area contributed by atoms with E-state index in [1.54, 1.807) is 0 Å². The maximum Gasteiger partial charge on any atom is 0.339 e. The molecule has 1 aliphatic carbocycles. The minimum absolute atomic E-state index is 0.0532. The maximum absolute atomic E-state index is 13.9. The Kier molecular flexibility index (Phi) is 7.47. The van der Waals surface area contributed by atoms with Gasteiger partial charge in [-0.1, -0.05) is 13.8 Å². The van der Waals surface area contributed by atoms with Crippen molar-refractivity contribution in [3.8, 4) is 6.07 Å². The first kappa shape index (κ1) is 28.8. The number of anilines is 2. The van der Waals surface area contributed by atoms with Gasteiger partial charge in [0.15, 0.2) is 0 Å². The van der Waals surface area contributed by atoms with Gasteiger partial charge in [0.2, 0.25) is 0 Å². The van der Waals surface area contributed by atoms with Crippen LogP contribution in [0.25, 0.3) is 0 Å². The summed E-state index contributed by atoms with van der Waals surface area (Å²) in [5, 5.41) is 9.31. The van der Waals surface area contributed by atoms with Crippen LogP contribution >= 0.6 is 0 Å². The van der Waals surface area contributed by atoms with Gasteiger partial charge in [0.05, 0.1) is 41.4 Å². The number of aromatic nitrogens is 2. The number of piperazine rings is 1. The van der Waals surface area contributed by atoms with Crippen molar-refractivity contribution in [2.75, 3.05) is 43.1 Å². The molecule has 0 bridgehead atoms. The van der Waals surface area contributed by atoms with Crippen LogP contribution in [0.3, 0.4) is 0 Å². The Bertz CT molecular complexity index is 1380. The summed E-state index contributed by atoms with van der Waals surface area (Å²) in [6.07, 6.45) is 3.93. The van der Waals surface area contributed by atoms with E-state index in [-0.39, 0.29) is 23.2 Å². The van der Waals surface area contributed by atoms with E-state index >= 15 is 0 Å². The largest absolute Gasteiger partial charge is 0.465 e. The molecule has 1 saturated carbocycles. The van der Waals surface area contributed by atoms with Crippen LogP contribution in [0.1, 0.15) is 91.2 Å². The molecular formula is C32H42N6O3. The van der Waals surface area contributed by atoms with Crippen molar-refractivity contribution >= 4 is 23.4 Å². The molecule has 1 saturated heterocycles. The van der Waals surface area contributed by atoms with Crippen LogP contribution < -0.4 is 9.80 Å². The van der Waals surface area contributed by atoms with Gasteiger partial charge in [-0.15, -0.1) is 0 Å². The van der Waals surface area contributed by atoms with Crippen LogP contribution in [0.4, 0.5) is 11.5 Å². The monoisotopic (exact) mass is 558 g/mol. The summed E-state index contributed by atoms with van der Waals surface area (Å²) in [4.78, 5) is 42.4. The van der Waals surface area contributed by atoms with E-state index in [2.05, 4.69) is 49.6 Å². The molecule has 2 aliphatic heterocycles. The molecule has 9 nitrogen and oxygen atoms in total. The number of carbonyl (C=O) groups excluding carboxylic acids is 2. The number of pyridine rings is 2. The van der Waals surface area contributed by atoms with Crippen molar-refractivity contribution in [3.05, 3.63) is 46.4 Å². The second-order valence-electron chi connectivity index (χ2n) is 13.2. The number of fused-ring (bicyclic) bond motifs is 1. The lowest BCUT2D eigenvalue weighted by atomic mass is 9.86. The molecule has 4 heterocycles. The summed E-state index contributed by atoms with van der Waals surface area (Å²) in [7, 11) is 1.38. The minimum atomic E-state index is -0.457. The number of hydrogen-bond donors (Lipinski definition) is 0. The summed E-state index contributed by atoms with van der Waals surface area (Å²) in [6, 6.07) is 8.75. The number of amides is 1. The summed E-state index contributed by atoms with van der Waals surface area (Å²) in [5.41, 5.74) is 3.95. The smallest absolute Gasteiger partial charge is 0.339 e. The second-order valence-corrected chi connectivity index (χ2v) is 13.2. The predicted molar refractivity (Wildman–Crippen MR) is 158 cm³/mol. The molecular weight excluding hydrogens is 516 g/mol. The first-order valence-corrected chi connectivity index (χ1v) is 14.7. The summed E-state index contributed by atoms with van der Waals surface area (Å²) >= 11 is 0. The number of esters is 1. The van der Waals surface area contributed by atoms with Crippen LogP contribution in [0.2, 0.25) is 0 Å². The van der Waals surface area contributed by atoms with E-state index in [0.29, 0.717) is 42.6 Å². The van der Waals surface area contributed by atoms with E-state index in [1.807, 2.05) is 30.9 Å². The Balaban J connectivity index is 1.34. The Labute approximate surface area is 243 Å². The Morgan fingerprint density at radius 1 is 1.02 bits per heavy atom. The lowest BCUT2D eigenvalue weighted by molar-refractivity contribution is 0.0505. The molecule has 218 valence electrons. The van der Waals surface area contributed by atoms with Crippen molar-refractivity contribution in [2.24, 2.45) is 5.92 Å². The average Bonchev–Trinajstić information content (AvgIpc) is 3.21. The first-order chi connectivity index (χ1) is 19.4. The zero-order valence-corrected chi connectivity index (χ0v) is 25.5. The molecule has 2 aromatic heterocycles. The van der Waals surface area contributed by atoms with Crippen molar-refractivity contribution in [3.63, 3.8) is 0 Å². The fourth-order valence-electron chi connectivity index (χ4n) is 6.98. The van der Waals surface area contributed by atoms with Gasteiger partial charge in [-0.2, -0.15) is 5.26 Å². The van der Waals surface area contributed by atoms with Gasteiger partial charge in [0.1, 0.15) is 11.5 Å². The van der Waals surface area contributed by atoms with Gasteiger partial charge in [-0.25, -0.2) is 14.8 Å². The van der Waals surface area contributed by atoms with E-state index in [1.165, 1.54) is 7.11 Å². The number of nitrogens with zero attached hydrogens (tertiary/aromatic N) is 6. The summed E-state index contributed by atoms with van der Waals surface area (Å²) in [5.74, 6) is 0.539. The van der Waals surface area contributed by atoms with Gasteiger partial charge in [0, 0.05) is 43.6 Å². The Morgan fingerprint density at radius 2 is 1.73 bits per heavy atom. The van der Waals surface area contributed by atoms with Crippen LogP contribution in [-0.2, 0) is 10.2 Å². The molecule has 1 amide bonds. The molecule has 0 unspecified atom stereocenters. The van der Waals surface area contributed by atoms with Crippen LogP contribution in [-0.4, -0.2) is 71.6 Å². The van der Waals surface area contributed by atoms with Crippen molar-refractivity contribution in [2.45, 2.75) is 84.2 Å². The normalized spacial score (nSPS) is 23.1. The Hall–Kier alpha value is -3.67. The molecule has 2 fully saturated rings. The van der Waals surface area contributed by atoms with Crippen molar-refractivity contribution in [1.82, 2.24) is 14.9 Å².